The van der Waals surface area contributed by atoms with Gasteiger partial charge in [0, 0.05) is 25.2 Å². The summed E-state index contributed by atoms with van der Waals surface area (Å²) < 4.78 is 29.5. The molecule has 58 heavy (non-hydrogen) atoms. The Labute approximate surface area is 336 Å². The summed E-state index contributed by atoms with van der Waals surface area (Å²) in [4.78, 5) is 68.9. The minimum absolute atomic E-state index is 0.0637. The van der Waals surface area contributed by atoms with E-state index in [-0.39, 0.29) is 29.7 Å². The second-order valence-electron chi connectivity index (χ2n) is 17.6. The molecule has 1 amide bonds. The van der Waals surface area contributed by atoms with Crippen LogP contribution >= 0.6 is 0 Å². The van der Waals surface area contributed by atoms with Gasteiger partial charge in [0.05, 0.1) is 35.6 Å². The molecular formula is C43H53NO14. The Bertz CT molecular complexity index is 1980. The van der Waals surface area contributed by atoms with Crippen molar-refractivity contribution >= 4 is 29.8 Å². The normalized spacial score (nSPS) is 33.7. The fourth-order valence-electron chi connectivity index (χ4n) is 9.56. The number of ether oxygens (including phenoxy) is 5. The number of alkyl carbamates (subject to hydrolysis) is 1. The van der Waals surface area contributed by atoms with E-state index in [0.717, 1.165) is 6.92 Å². The summed E-state index contributed by atoms with van der Waals surface area (Å²) in [6, 6.07) is 14.6. The maximum Gasteiger partial charge on any atom is 0.408 e. The maximum atomic E-state index is 14.9. The van der Waals surface area contributed by atoms with Crippen molar-refractivity contribution in [1.29, 1.82) is 0 Å². The van der Waals surface area contributed by atoms with Gasteiger partial charge in [-0.2, -0.15) is 0 Å². The summed E-state index contributed by atoms with van der Waals surface area (Å²) in [5.41, 5.74) is -8.14. The number of amides is 1. The Morgan fingerprint density at radius 2 is 1.55 bits per heavy atom. The van der Waals surface area contributed by atoms with Crippen LogP contribution in [0.4, 0.5) is 4.79 Å². The molecule has 0 radical (unpaired) electrons. The number of esters is 3. The molecule has 0 unspecified atom stereocenters. The van der Waals surface area contributed by atoms with Gasteiger partial charge in [0.1, 0.15) is 35.6 Å². The third-order valence-corrected chi connectivity index (χ3v) is 12.6. The van der Waals surface area contributed by atoms with Crippen molar-refractivity contribution in [2.24, 2.45) is 16.7 Å². The zero-order valence-electron chi connectivity index (χ0n) is 33.9. The van der Waals surface area contributed by atoms with Crippen molar-refractivity contribution in [3.05, 3.63) is 82.9 Å². The van der Waals surface area contributed by atoms with E-state index < -0.39 is 112 Å². The van der Waals surface area contributed by atoms with E-state index in [4.69, 9.17) is 23.7 Å². The Morgan fingerprint density at radius 3 is 2.10 bits per heavy atom. The number of nitrogens with one attached hydrogen (secondary N) is 1. The molecule has 1 aliphatic heterocycles. The quantitative estimate of drug-likeness (QED) is 0.147. The lowest BCUT2D eigenvalue weighted by atomic mass is 9.44. The van der Waals surface area contributed by atoms with Crippen LogP contribution < -0.4 is 5.32 Å². The predicted octanol–water partition coefficient (Wildman–Crippen LogP) is 3.26. The molecule has 15 heteroatoms. The standard InChI is InChI=1S/C43H53NO14/c1-22-26(55-37(51)32(48)30(24-15-11-9-12-16-24)44-38(52)58-39(3,4)5)20-43(53)35(56-36(50)25-17-13-10-14-18-25)33-41(8,34(49)31(47)29(22)40(43,6)7)27(46)19-28-42(33,21-54-28)57-23(2)45/h9-18,26-28,30-33,35,46-48,53H,19-21H2,1-8H3,(H,44,52)/t26-,27+,28-,30+,31-,32-,33+,35-,41-,42+,43-/m0/s1. The molecule has 314 valence electrons. The van der Waals surface area contributed by atoms with Gasteiger partial charge in [-0.15, -0.1) is 0 Å². The number of aliphatic hydroxyl groups is 4. The summed E-state index contributed by atoms with van der Waals surface area (Å²) in [6.07, 6.45) is -11.5. The first-order chi connectivity index (χ1) is 27.0. The number of hydrogen-bond donors (Lipinski definition) is 5. The van der Waals surface area contributed by atoms with Crippen molar-refractivity contribution in [3.8, 4) is 0 Å². The maximum absolute atomic E-state index is 14.9. The van der Waals surface area contributed by atoms with Gasteiger partial charge in [0.15, 0.2) is 17.5 Å². The first-order valence-corrected chi connectivity index (χ1v) is 19.3. The van der Waals surface area contributed by atoms with Gasteiger partial charge in [-0.3, -0.25) is 9.59 Å². The van der Waals surface area contributed by atoms with Gasteiger partial charge in [-0.1, -0.05) is 62.4 Å². The van der Waals surface area contributed by atoms with Gasteiger partial charge < -0.3 is 49.4 Å². The summed E-state index contributed by atoms with van der Waals surface area (Å²) in [6.45, 7) is 11.8. The summed E-state index contributed by atoms with van der Waals surface area (Å²) in [5.74, 6) is -5.36. The molecule has 2 aromatic rings. The zero-order chi connectivity index (χ0) is 42.7. The molecule has 2 aromatic carbocycles. The van der Waals surface area contributed by atoms with E-state index in [0.29, 0.717) is 5.56 Å². The van der Waals surface area contributed by atoms with Crippen LogP contribution in [0.2, 0.25) is 0 Å². The number of ketones is 1. The number of aliphatic hydroxyl groups excluding tert-OH is 3. The largest absolute Gasteiger partial charge is 0.456 e. The number of carbonyl (C=O) groups is 5. The lowest BCUT2D eigenvalue weighted by Crippen LogP contribution is -2.81. The van der Waals surface area contributed by atoms with Crippen LogP contribution in [0.3, 0.4) is 0 Å². The van der Waals surface area contributed by atoms with Crippen LogP contribution in [0.15, 0.2) is 71.8 Å². The minimum atomic E-state index is -2.35. The molecule has 3 fully saturated rings. The summed E-state index contributed by atoms with van der Waals surface area (Å²) in [7, 11) is 0. The van der Waals surface area contributed by atoms with Gasteiger partial charge in [0.25, 0.3) is 0 Å². The zero-order valence-corrected chi connectivity index (χ0v) is 33.9. The highest BCUT2D eigenvalue weighted by Crippen LogP contribution is 2.64. The number of hydrogen-bond acceptors (Lipinski definition) is 14. The SMILES string of the molecule is CC(=O)O[C@]12CO[C@H]1C[C@@H](O)[C@]1(C)C(=O)[C@@H](O)C3=C(C)[C@@H](OC(=O)[C@@H](O)[C@H](NC(=O)OC(C)(C)C)c4ccccc4)C[C@](O)([C@@H](OC(=O)c4ccccc4)[C@@H]21)C3(C)C. The van der Waals surface area contributed by atoms with Gasteiger partial charge >= 0.3 is 24.0 Å². The topological polar surface area (TPSA) is 224 Å². The van der Waals surface area contributed by atoms with Crippen LogP contribution in [0, 0.1) is 16.7 Å². The third kappa shape index (κ3) is 7.10. The average Bonchev–Trinajstić information content (AvgIpc) is 3.14. The predicted molar refractivity (Wildman–Crippen MR) is 204 cm³/mol. The number of fused-ring (bicyclic) bond motifs is 5. The Morgan fingerprint density at radius 1 is 0.948 bits per heavy atom. The molecule has 15 nitrogen and oxygen atoms in total. The van der Waals surface area contributed by atoms with E-state index in [1.165, 1.54) is 26.0 Å². The molecule has 0 aromatic heterocycles. The Hall–Kier alpha value is -4.67. The van der Waals surface area contributed by atoms with Crippen molar-refractivity contribution in [1.82, 2.24) is 5.32 Å². The van der Waals surface area contributed by atoms with Crippen molar-refractivity contribution in [3.63, 3.8) is 0 Å². The monoisotopic (exact) mass is 807 g/mol. The molecular weight excluding hydrogens is 754 g/mol. The summed E-state index contributed by atoms with van der Waals surface area (Å²) in [5, 5.41) is 51.6. The fraction of sp³-hybridized carbons (Fsp3) is 0.558. The molecule has 4 aliphatic rings. The van der Waals surface area contributed by atoms with Crippen LogP contribution in [0.25, 0.3) is 0 Å². The number of benzene rings is 2. The molecule has 5 N–H and O–H groups in total. The molecule has 6 rings (SSSR count). The smallest absolute Gasteiger partial charge is 0.408 e. The number of Topliss-reactive ketones (excluding diaryl/α,β-unsaturated/α-hetero) is 1. The van der Waals surface area contributed by atoms with Crippen LogP contribution in [0.5, 0.6) is 0 Å². The number of rotatable bonds is 8. The molecule has 1 saturated heterocycles. The van der Waals surface area contributed by atoms with Crippen LogP contribution in [-0.2, 0) is 38.1 Å². The third-order valence-electron chi connectivity index (χ3n) is 12.6. The van der Waals surface area contributed by atoms with Gasteiger partial charge in [0.2, 0.25) is 0 Å². The average molecular weight is 808 g/mol. The van der Waals surface area contributed by atoms with Crippen LogP contribution in [-0.4, -0.2) is 110 Å². The van der Waals surface area contributed by atoms with E-state index in [1.807, 2.05) is 0 Å². The highest BCUT2D eigenvalue weighted by molar-refractivity contribution is 5.94. The Balaban J connectivity index is 1.49. The lowest BCUT2D eigenvalue weighted by Gasteiger charge is -2.67. The second-order valence-corrected chi connectivity index (χ2v) is 17.6. The van der Waals surface area contributed by atoms with E-state index >= 15 is 0 Å². The lowest BCUT2D eigenvalue weighted by molar-refractivity contribution is -0.346. The second kappa shape index (κ2) is 15.2. The minimum Gasteiger partial charge on any atom is -0.456 e. The molecule has 2 bridgehead atoms. The van der Waals surface area contributed by atoms with Crippen molar-refractivity contribution < 1.29 is 68.1 Å². The fourth-order valence-corrected chi connectivity index (χ4v) is 9.56. The summed E-state index contributed by atoms with van der Waals surface area (Å²) >= 11 is 0. The van der Waals surface area contributed by atoms with Gasteiger partial charge in [-0.25, -0.2) is 14.4 Å². The first-order valence-electron chi connectivity index (χ1n) is 19.3. The first kappa shape index (κ1) is 42.9. The molecule has 1 heterocycles. The van der Waals surface area contributed by atoms with Gasteiger partial charge in [-0.05, 0) is 63.5 Å². The Kier molecular flexibility index (Phi) is 11.2. The molecule has 11 atom stereocenters. The van der Waals surface area contributed by atoms with E-state index in [1.54, 1.807) is 83.1 Å². The van der Waals surface area contributed by atoms with E-state index in [2.05, 4.69) is 5.32 Å². The van der Waals surface area contributed by atoms with E-state index in [9.17, 15) is 44.4 Å². The molecule has 2 saturated carbocycles. The highest BCUT2D eigenvalue weighted by atomic mass is 16.6. The van der Waals surface area contributed by atoms with Crippen molar-refractivity contribution in [2.45, 2.75) is 128 Å². The number of carbonyl (C=O) groups excluding carboxylic acids is 5. The molecule has 3 aliphatic carbocycles. The van der Waals surface area contributed by atoms with Crippen LogP contribution in [0.1, 0.15) is 90.2 Å². The van der Waals surface area contributed by atoms with Crippen molar-refractivity contribution in [2.75, 3.05) is 6.61 Å². The highest BCUT2D eigenvalue weighted by Gasteiger charge is 2.78. The molecule has 0 spiro atoms.